The van der Waals surface area contributed by atoms with Crippen LogP contribution in [-0.2, 0) is 6.61 Å². The number of rotatable bonds is 5. The number of hydrogen-bond acceptors (Lipinski definition) is 4. The van der Waals surface area contributed by atoms with E-state index < -0.39 is 0 Å². The molecule has 0 unspecified atom stereocenters. The number of aromatic nitrogens is 3. The number of ether oxygens (including phenoxy) is 1. The third-order valence-electron chi connectivity index (χ3n) is 3.66. The molecule has 1 aromatic heterocycles. The van der Waals surface area contributed by atoms with Gasteiger partial charge in [-0.2, -0.15) is 14.9 Å². The van der Waals surface area contributed by atoms with E-state index in [0.29, 0.717) is 10.6 Å². The zero-order valence-electron chi connectivity index (χ0n) is 13.9. The fourth-order valence-corrected chi connectivity index (χ4v) is 2.57. The molecule has 0 saturated heterocycles. The first-order valence-corrected chi connectivity index (χ1v) is 8.10. The van der Waals surface area contributed by atoms with E-state index in [9.17, 15) is 4.39 Å². The van der Waals surface area contributed by atoms with Crippen LogP contribution in [0.3, 0.4) is 0 Å². The second-order valence-electron chi connectivity index (χ2n) is 5.56. The summed E-state index contributed by atoms with van der Waals surface area (Å²) in [5.41, 5.74) is 2.86. The first-order valence-electron chi connectivity index (χ1n) is 7.70. The Hall–Kier alpha value is -2.80. The van der Waals surface area contributed by atoms with Crippen LogP contribution in [0.1, 0.15) is 22.5 Å². The number of benzene rings is 2. The lowest BCUT2D eigenvalue weighted by Gasteiger charge is -2.11. The number of nitrogens with zero attached hydrogens (tertiary/aromatic N) is 3. The molecule has 0 aliphatic heterocycles. The molecular weight excluding hydrogens is 339 g/mol. The first-order chi connectivity index (χ1) is 12.0. The van der Waals surface area contributed by atoms with E-state index in [1.165, 1.54) is 16.8 Å². The standard InChI is InChI=1S/C18H17FN4OS/c1-12-4-3-5-13(2)17(12)24-11-16-21-22-18(25)23(16)20-10-14-6-8-15(19)9-7-14/h3-10H,11H2,1-2H3,(H,22,25)/b20-10-. The minimum Gasteiger partial charge on any atom is -0.485 e. The zero-order valence-corrected chi connectivity index (χ0v) is 14.7. The number of H-pyrrole nitrogens is 1. The molecular formula is C18H17FN4OS. The molecule has 0 atom stereocenters. The molecule has 128 valence electrons. The van der Waals surface area contributed by atoms with Gasteiger partial charge in [0, 0.05) is 0 Å². The van der Waals surface area contributed by atoms with E-state index in [-0.39, 0.29) is 12.4 Å². The average molecular weight is 356 g/mol. The van der Waals surface area contributed by atoms with Crippen LogP contribution in [0.15, 0.2) is 47.6 Å². The van der Waals surface area contributed by atoms with Gasteiger partial charge in [0.1, 0.15) is 18.2 Å². The van der Waals surface area contributed by atoms with Gasteiger partial charge in [-0.3, -0.25) is 0 Å². The SMILES string of the molecule is Cc1cccc(C)c1OCc1n[nH]c(=S)n1/N=C\c1ccc(F)cc1. The number of aryl methyl sites for hydroxylation is 2. The van der Waals surface area contributed by atoms with Crippen molar-refractivity contribution in [3.05, 3.63) is 75.6 Å². The van der Waals surface area contributed by atoms with Crippen LogP contribution in [0.2, 0.25) is 0 Å². The largest absolute Gasteiger partial charge is 0.485 e. The number of aromatic amines is 1. The molecule has 3 rings (SSSR count). The lowest BCUT2D eigenvalue weighted by atomic mass is 10.1. The van der Waals surface area contributed by atoms with E-state index in [1.54, 1.807) is 18.3 Å². The van der Waals surface area contributed by atoms with Gasteiger partial charge in [0.05, 0.1) is 6.21 Å². The Labute approximate surface area is 149 Å². The minimum absolute atomic E-state index is 0.222. The van der Waals surface area contributed by atoms with Crippen LogP contribution in [-0.4, -0.2) is 21.1 Å². The van der Waals surface area contributed by atoms with Gasteiger partial charge in [-0.25, -0.2) is 9.49 Å². The molecule has 1 heterocycles. The summed E-state index contributed by atoms with van der Waals surface area (Å²) >= 11 is 5.21. The van der Waals surface area contributed by atoms with Crippen LogP contribution >= 0.6 is 12.2 Å². The van der Waals surface area contributed by atoms with Crippen molar-refractivity contribution in [2.24, 2.45) is 5.10 Å². The van der Waals surface area contributed by atoms with Crippen LogP contribution in [0.25, 0.3) is 0 Å². The Bertz CT molecular complexity index is 940. The molecule has 0 aliphatic rings. The quantitative estimate of drug-likeness (QED) is 0.552. The number of hydrogen-bond donors (Lipinski definition) is 1. The summed E-state index contributed by atoms with van der Waals surface area (Å²) in [6.45, 7) is 4.21. The summed E-state index contributed by atoms with van der Waals surface area (Å²) in [6.07, 6.45) is 1.59. The topological polar surface area (TPSA) is 55.2 Å². The summed E-state index contributed by atoms with van der Waals surface area (Å²) in [6, 6.07) is 12.0. The Morgan fingerprint density at radius 3 is 2.56 bits per heavy atom. The second-order valence-corrected chi connectivity index (χ2v) is 5.95. The van der Waals surface area contributed by atoms with Gasteiger partial charge in [0.25, 0.3) is 0 Å². The van der Waals surface area contributed by atoms with Crippen LogP contribution in [0.5, 0.6) is 5.75 Å². The van der Waals surface area contributed by atoms with Crippen molar-refractivity contribution in [3.8, 4) is 5.75 Å². The Balaban J connectivity index is 1.80. The van der Waals surface area contributed by atoms with E-state index in [4.69, 9.17) is 17.0 Å². The summed E-state index contributed by atoms with van der Waals surface area (Å²) in [4.78, 5) is 0. The van der Waals surface area contributed by atoms with E-state index >= 15 is 0 Å². The lowest BCUT2D eigenvalue weighted by molar-refractivity contribution is 0.287. The first kappa shape index (κ1) is 17.0. The van der Waals surface area contributed by atoms with Gasteiger partial charge in [0.2, 0.25) is 4.77 Å². The molecule has 0 fully saturated rings. The molecule has 0 spiro atoms. The highest BCUT2D eigenvalue weighted by atomic mass is 32.1. The molecule has 7 heteroatoms. The van der Waals surface area contributed by atoms with Gasteiger partial charge in [-0.05, 0) is 54.9 Å². The molecule has 25 heavy (non-hydrogen) atoms. The van der Waals surface area contributed by atoms with Gasteiger partial charge in [0.15, 0.2) is 5.82 Å². The Morgan fingerprint density at radius 2 is 1.88 bits per heavy atom. The third-order valence-corrected chi connectivity index (χ3v) is 3.93. The minimum atomic E-state index is -0.292. The van der Waals surface area contributed by atoms with Crippen molar-refractivity contribution in [1.29, 1.82) is 0 Å². The van der Waals surface area contributed by atoms with Crippen molar-refractivity contribution in [2.75, 3.05) is 0 Å². The molecule has 0 aliphatic carbocycles. The van der Waals surface area contributed by atoms with Crippen LogP contribution in [0.4, 0.5) is 4.39 Å². The molecule has 0 bridgehead atoms. The Kier molecular flexibility index (Phi) is 5.04. The highest BCUT2D eigenvalue weighted by molar-refractivity contribution is 7.71. The van der Waals surface area contributed by atoms with Crippen molar-refractivity contribution >= 4 is 18.4 Å². The summed E-state index contributed by atoms with van der Waals surface area (Å²) in [5, 5.41) is 11.2. The normalized spacial score (nSPS) is 11.2. The number of halogens is 1. The lowest BCUT2D eigenvalue weighted by Crippen LogP contribution is -2.05. The van der Waals surface area contributed by atoms with Crippen molar-refractivity contribution in [2.45, 2.75) is 20.5 Å². The maximum Gasteiger partial charge on any atom is 0.216 e. The molecule has 0 saturated carbocycles. The zero-order chi connectivity index (χ0) is 17.8. The maximum atomic E-state index is 13.0. The number of para-hydroxylation sites is 1. The molecule has 1 N–H and O–H groups in total. The average Bonchev–Trinajstić information content (AvgIpc) is 2.94. The summed E-state index contributed by atoms with van der Waals surface area (Å²) < 4.78 is 20.7. The molecule has 3 aromatic rings. The van der Waals surface area contributed by atoms with Crippen LogP contribution in [0, 0.1) is 24.4 Å². The molecule has 2 aromatic carbocycles. The third kappa shape index (κ3) is 4.00. The summed E-state index contributed by atoms with van der Waals surface area (Å²) in [7, 11) is 0. The van der Waals surface area contributed by atoms with Crippen molar-refractivity contribution in [3.63, 3.8) is 0 Å². The van der Waals surface area contributed by atoms with E-state index in [0.717, 1.165) is 22.4 Å². The van der Waals surface area contributed by atoms with Gasteiger partial charge in [-0.15, -0.1) is 0 Å². The van der Waals surface area contributed by atoms with Crippen LogP contribution < -0.4 is 4.74 Å². The second kappa shape index (κ2) is 7.40. The smallest absolute Gasteiger partial charge is 0.216 e. The maximum absolute atomic E-state index is 13.0. The van der Waals surface area contributed by atoms with Gasteiger partial charge < -0.3 is 4.74 Å². The monoisotopic (exact) mass is 356 g/mol. The van der Waals surface area contributed by atoms with Crippen molar-refractivity contribution < 1.29 is 9.13 Å². The highest BCUT2D eigenvalue weighted by Crippen LogP contribution is 2.23. The predicted octanol–water partition coefficient (Wildman–Crippen LogP) is 4.16. The highest BCUT2D eigenvalue weighted by Gasteiger charge is 2.09. The molecule has 0 amide bonds. The Morgan fingerprint density at radius 1 is 1.20 bits per heavy atom. The fraction of sp³-hybridized carbons (Fsp3) is 0.167. The predicted molar refractivity (Wildman–Crippen MR) is 97.1 cm³/mol. The molecule has 0 radical (unpaired) electrons. The summed E-state index contributed by atoms with van der Waals surface area (Å²) in [5.74, 6) is 1.08. The fourth-order valence-electron chi connectivity index (χ4n) is 2.37. The van der Waals surface area contributed by atoms with Gasteiger partial charge >= 0.3 is 0 Å². The van der Waals surface area contributed by atoms with Gasteiger partial charge in [-0.1, -0.05) is 30.3 Å². The van der Waals surface area contributed by atoms with Crippen molar-refractivity contribution in [1.82, 2.24) is 14.9 Å². The molecule has 5 nitrogen and oxygen atoms in total. The number of nitrogens with one attached hydrogen (secondary N) is 1. The van der Waals surface area contributed by atoms with E-state index in [1.807, 2.05) is 32.0 Å². The van der Waals surface area contributed by atoms with E-state index in [2.05, 4.69) is 15.3 Å².